The number of hydrogen-bond donors (Lipinski definition) is 1. The van der Waals surface area contributed by atoms with Crippen LogP contribution >= 0.6 is 0 Å². The Kier molecular flexibility index (Phi) is 3.52. The Hall–Kier alpha value is -2.49. The maximum Gasteiger partial charge on any atom is 0.340 e. The lowest BCUT2D eigenvalue weighted by atomic mass is 9.96. The Morgan fingerprint density at radius 2 is 2.19 bits per heavy atom. The number of fused-ring (bicyclic) bond motifs is 1. The van der Waals surface area contributed by atoms with Gasteiger partial charge in [-0.25, -0.2) is 4.79 Å². The predicted molar refractivity (Wildman–Crippen MR) is 81.4 cm³/mol. The minimum Gasteiger partial charge on any atom is -0.493 e. The van der Waals surface area contributed by atoms with Crippen LogP contribution in [-0.2, 0) is 11.2 Å². The number of carbonyl (C=O) groups is 1. The van der Waals surface area contributed by atoms with Crippen LogP contribution in [0.2, 0.25) is 0 Å². The molecular formula is C17H17NO3. The highest BCUT2D eigenvalue weighted by Crippen LogP contribution is 2.33. The van der Waals surface area contributed by atoms with Gasteiger partial charge in [0.2, 0.25) is 0 Å². The fraction of sp³-hybridized carbons (Fsp3) is 0.235. The topological polar surface area (TPSA) is 61.5 Å². The van der Waals surface area contributed by atoms with Gasteiger partial charge in [0.25, 0.3) is 0 Å². The molecule has 0 radical (unpaired) electrons. The highest BCUT2D eigenvalue weighted by Gasteiger charge is 2.19. The second-order valence-electron chi connectivity index (χ2n) is 4.91. The molecule has 0 bridgehead atoms. The molecule has 2 aromatic carbocycles. The first-order valence-electron chi connectivity index (χ1n) is 7.02. The summed E-state index contributed by atoms with van der Waals surface area (Å²) >= 11 is 0. The number of rotatable bonds is 3. The molecule has 0 saturated carbocycles. The van der Waals surface area contributed by atoms with Crippen molar-refractivity contribution in [3.05, 3.63) is 47.5 Å². The number of benzene rings is 2. The summed E-state index contributed by atoms with van der Waals surface area (Å²) in [5, 5.41) is 0. The lowest BCUT2D eigenvalue weighted by Gasteiger charge is -2.12. The van der Waals surface area contributed by atoms with E-state index < -0.39 is 0 Å². The zero-order chi connectivity index (χ0) is 14.8. The SMILES string of the molecule is CCOC(=O)c1c(N)cccc1-c1ccc2c(c1)CCO2. The van der Waals surface area contributed by atoms with Crippen molar-refractivity contribution in [2.75, 3.05) is 18.9 Å². The van der Waals surface area contributed by atoms with Gasteiger partial charge in [-0.2, -0.15) is 0 Å². The van der Waals surface area contributed by atoms with Crippen LogP contribution < -0.4 is 10.5 Å². The number of hydrogen-bond acceptors (Lipinski definition) is 4. The molecule has 4 heteroatoms. The fourth-order valence-corrected chi connectivity index (χ4v) is 2.60. The van der Waals surface area contributed by atoms with E-state index in [2.05, 4.69) is 6.07 Å². The summed E-state index contributed by atoms with van der Waals surface area (Å²) in [5.41, 5.74) is 9.74. The van der Waals surface area contributed by atoms with Crippen LogP contribution in [0.1, 0.15) is 22.8 Å². The minimum absolute atomic E-state index is 0.324. The molecule has 2 aromatic rings. The van der Waals surface area contributed by atoms with Gasteiger partial charge in [0.05, 0.1) is 18.8 Å². The lowest BCUT2D eigenvalue weighted by Crippen LogP contribution is -2.09. The van der Waals surface area contributed by atoms with E-state index in [-0.39, 0.29) is 5.97 Å². The quantitative estimate of drug-likeness (QED) is 0.694. The molecule has 0 saturated heterocycles. The molecule has 2 N–H and O–H groups in total. The summed E-state index contributed by atoms with van der Waals surface area (Å²) in [5.74, 6) is 0.530. The van der Waals surface area contributed by atoms with Crippen LogP contribution in [-0.4, -0.2) is 19.2 Å². The maximum atomic E-state index is 12.2. The Bertz CT molecular complexity index is 694. The average Bonchev–Trinajstić information content (AvgIpc) is 2.94. The lowest BCUT2D eigenvalue weighted by molar-refractivity contribution is 0.0528. The van der Waals surface area contributed by atoms with Crippen molar-refractivity contribution >= 4 is 11.7 Å². The fourth-order valence-electron chi connectivity index (χ4n) is 2.60. The highest BCUT2D eigenvalue weighted by molar-refractivity contribution is 6.02. The maximum absolute atomic E-state index is 12.2. The standard InChI is InChI=1S/C17H17NO3/c1-2-20-17(19)16-13(4-3-5-14(16)18)11-6-7-15-12(10-11)8-9-21-15/h3-7,10H,2,8-9,18H2,1H3. The highest BCUT2D eigenvalue weighted by atomic mass is 16.5. The molecule has 21 heavy (non-hydrogen) atoms. The van der Waals surface area contributed by atoms with Crippen molar-refractivity contribution in [3.63, 3.8) is 0 Å². The first-order chi connectivity index (χ1) is 10.2. The third kappa shape index (κ3) is 2.44. The number of carbonyl (C=O) groups excluding carboxylic acids is 1. The Balaban J connectivity index is 2.10. The number of nitrogens with two attached hydrogens (primary N) is 1. The van der Waals surface area contributed by atoms with Crippen LogP contribution in [0.25, 0.3) is 11.1 Å². The zero-order valence-corrected chi connectivity index (χ0v) is 11.9. The van der Waals surface area contributed by atoms with Crippen LogP contribution in [0.4, 0.5) is 5.69 Å². The predicted octanol–water partition coefficient (Wildman–Crippen LogP) is 3.05. The van der Waals surface area contributed by atoms with Gasteiger partial charge in [0.1, 0.15) is 5.75 Å². The van der Waals surface area contributed by atoms with E-state index in [1.165, 1.54) is 0 Å². The molecule has 0 amide bonds. The summed E-state index contributed by atoms with van der Waals surface area (Å²) in [4.78, 5) is 12.2. The minimum atomic E-state index is -0.387. The van der Waals surface area contributed by atoms with Gasteiger partial charge in [-0.1, -0.05) is 18.2 Å². The van der Waals surface area contributed by atoms with Crippen LogP contribution in [0.5, 0.6) is 5.75 Å². The Morgan fingerprint density at radius 3 is 3.00 bits per heavy atom. The summed E-state index contributed by atoms with van der Waals surface area (Å²) in [6.07, 6.45) is 0.889. The second-order valence-corrected chi connectivity index (χ2v) is 4.91. The van der Waals surface area contributed by atoms with Gasteiger partial charge >= 0.3 is 5.97 Å². The molecule has 1 aliphatic rings. The van der Waals surface area contributed by atoms with Crippen molar-refractivity contribution in [2.24, 2.45) is 0 Å². The third-order valence-electron chi connectivity index (χ3n) is 3.58. The first kappa shape index (κ1) is 13.5. The van der Waals surface area contributed by atoms with E-state index in [4.69, 9.17) is 15.2 Å². The second kappa shape index (κ2) is 5.48. The van der Waals surface area contributed by atoms with E-state index in [1.807, 2.05) is 24.3 Å². The monoisotopic (exact) mass is 283 g/mol. The third-order valence-corrected chi connectivity index (χ3v) is 3.58. The Morgan fingerprint density at radius 1 is 1.33 bits per heavy atom. The van der Waals surface area contributed by atoms with Gasteiger partial charge in [-0.05, 0) is 41.8 Å². The summed E-state index contributed by atoms with van der Waals surface area (Å²) in [6.45, 7) is 2.81. The summed E-state index contributed by atoms with van der Waals surface area (Å²) < 4.78 is 10.6. The van der Waals surface area contributed by atoms with Crippen molar-refractivity contribution in [2.45, 2.75) is 13.3 Å². The number of ether oxygens (including phenoxy) is 2. The van der Waals surface area contributed by atoms with Gasteiger partial charge in [-0.3, -0.25) is 0 Å². The Labute approximate surface area is 123 Å². The largest absolute Gasteiger partial charge is 0.493 e. The van der Waals surface area contributed by atoms with Crippen molar-refractivity contribution in [3.8, 4) is 16.9 Å². The first-order valence-corrected chi connectivity index (χ1v) is 7.02. The molecule has 108 valence electrons. The smallest absolute Gasteiger partial charge is 0.340 e. The molecule has 3 rings (SSSR count). The molecule has 0 spiro atoms. The van der Waals surface area contributed by atoms with E-state index in [9.17, 15) is 4.79 Å². The van der Waals surface area contributed by atoms with E-state index in [0.29, 0.717) is 24.5 Å². The number of nitrogen functional groups attached to an aromatic ring is 1. The molecule has 0 fully saturated rings. The van der Waals surface area contributed by atoms with E-state index in [1.54, 1.807) is 13.0 Å². The molecule has 0 atom stereocenters. The van der Waals surface area contributed by atoms with Gasteiger partial charge < -0.3 is 15.2 Å². The molecular weight excluding hydrogens is 266 g/mol. The molecule has 0 aliphatic carbocycles. The van der Waals surface area contributed by atoms with Crippen molar-refractivity contribution in [1.29, 1.82) is 0 Å². The molecule has 0 unspecified atom stereocenters. The van der Waals surface area contributed by atoms with Crippen LogP contribution in [0.15, 0.2) is 36.4 Å². The number of esters is 1. The van der Waals surface area contributed by atoms with Gasteiger partial charge in [0.15, 0.2) is 0 Å². The molecule has 0 aromatic heterocycles. The van der Waals surface area contributed by atoms with Gasteiger partial charge in [0, 0.05) is 12.1 Å². The molecule has 1 aliphatic heterocycles. The van der Waals surface area contributed by atoms with E-state index in [0.717, 1.165) is 28.9 Å². The van der Waals surface area contributed by atoms with Crippen molar-refractivity contribution in [1.82, 2.24) is 0 Å². The average molecular weight is 283 g/mol. The van der Waals surface area contributed by atoms with Crippen LogP contribution in [0, 0.1) is 0 Å². The summed E-state index contributed by atoms with van der Waals surface area (Å²) in [6, 6.07) is 11.4. The van der Waals surface area contributed by atoms with E-state index >= 15 is 0 Å². The van der Waals surface area contributed by atoms with Crippen molar-refractivity contribution < 1.29 is 14.3 Å². The molecule has 1 heterocycles. The zero-order valence-electron chi connectivity index (χ0n) is 11.9. The summed E-state index contributed by atoms with van der Waals surface area (Å²) in [7, 11) is 0. The number of anilines is 1. The van der Waals surface area contributed by atoms with Crippen LogP contribution in [0.3, 0.4) is 0 Å². The van der Waals surface area contributed by atoms with Gasteiger partial charge in [-0.15, -0.1) is 0 Å². The molecule has 4 nitrogen and oxygen atoms in total. The normalized spacial score (nSPS) is 12.6.